The normalized spacial score (nSPS) is 29.9. The van der Waals surface area contributed by atoms with Crippen molar-refractivity contribution in [3.8, 4) is 0 Å². The van der Waals surface area contributed by atoms with Gasteiger partial charge in [0, 0.05) is 18.0 Å². The molecular weight excluding hydrogens is 224 g/mol. The highest BCUT2D eigenvalue weighted by Crippen LogP contribution is 2.36. The van der Waals surface area contributed by atoms with Crippen LogP contribution in [-0.4, -0.2) is 27.9 Å². The SMILES string of the molecule is Cc1nnc(C2(C)CCCNC2)n1C1CCCC1. The van der Waals surface area contributed by atoms with Gasteiger partial charge in [0.15, 0.2) is 0 Å². The summed E-state index contributed by atoms with van der Waals surface area (Å²) < 4.78 is 2.44. The number of piperidine rings is 1. The molecule has 1 aromatic rings. The molecule has 100 valence electrons. The van der Waals surface area contributed by atoms with Gasteiger partial charge in [0.25, 0.3) is 0 Å². The Hall–Kier alpha value is -0.900. The van der Waals surface area contributed by atoms with Crippen molar-refractivity contribution in [1.82, 2.24) is 20.1 Å². The lowest BCUT2D eigenvalue weighted by Crippen LogP contribution is -2.43. The third-order valence-corrected chi connectivity index (χ3v) is 4.69. The maximum atomic E-state index is 4.53. The van der Waals surface area contributed by atoms with Crippen LogP contribution >= 0.6 is 0 Å². The molecule has 0 spiro atoms. The Labute approximate surface area is 109 Å². The van der Waals surface area contributed by atoms with Crippen LogP contribution in [0.15, 0.2) is 0 Å². The van der Waals surface area contributed by atoms with E-state index in [0.29, 0.717) is 6.04 Å². The first-order valence-electron chi connectivity index (χ1n) is 7.33. The number of nitrogens with zero attached hydrogens (tertiary/aromatic N) is 3. The topological polar surface area (TPSA) is 42.7 Å². The first-order valence-corrected chi connectivity index (χ1v) is 7.33. The number of aromatic nitrogens is 3. The van der Waals surface area contributed by atoms with Gasteiger partial charge >= 0.3 is 0 Å². The van der Waals surface area contributed by atoms with Gasteiger partial charge in [0.05, 0.1) is 0 Å². The molecule has 2 heterocycles. The predicted molar refractivity (Wildman–Crippen MR) is 71.7 cm³/mol. The minimum atomic E-state index is 0.169. The second-order valence-electron chi connectivity index (χ2n) is 6.22. The fraction of sp³-hybridized carbons (Fsp3) is 0.857. The molecule has 1 unspecified atom stereocenters. The zero-order chi connectivity index (χ0) is 12.6. The van der Waals surface area contributed by atoms with Crippen LogP contribution in [0.5, 0.6) is 0 Å². The van der Waals surface area contributed by atoms with Crippen molar-refractivity contribution in [2.75, 3.05) is 13.1 Å². The largest absolute Gasteiger partial charge is 0.316 e. The quantitative estimate of drug-likeness (QED) is 0.873. The monoisotopic (exact) mass is 248 g/mol. The summed E-state index contributed by atoms with van der Waals surface area (Å²) in [5.41, 5.74) is 0.169. The number of aryl methyl sites for hydroxylation is 1. The third-order valence-electron chi connectivity index (χ3n) is 4.69. The Morgan fingerprint density at radius 3 is 2.67 bits per heavy atom. The van der Waals surface area contributed by atoms with Gasteiger partial charge < -0.3 is 9.88 Å². The lowest BCUT2D eigenvalue weighted by molar-refractivity contribution is 0.302. The van der Waals surface area contributed by atoms with Gasteiger partial charge in [-0.3, -0.25) is 0 Å². The molecule has 0 aromatic carbocycles. The molecule has 2 aliphatic rings. The Balaban J connectivity index is 1.96. The minimum absolute atomic E-state index is 0.169. The minimum Gasteiger partial charge on any atom is -0.316 e. The summed E-state index contributed by atoms with van der Waals surface area (Å²) in [6.45, 7) is 6.63. The van der Waals surface area contributed by atoms with Crippen molar-refractivity contribution < 1.29 is 0 Å². The molecule has 1 saturated heterocycles. The molecule has 0 radical (unpaired) electrons. The molecular formula is C14H24N4. The molecule has 4 nitrogen and oxygen atoms in total. The summed E-state index contributed by atoms with van der Waals surface area (Å²) in [6, 6.07) is 0.647. The molecule has 2 fully saturated rings. The van der Waals surface area contributed by atoms with Gasteiger partial charge in [-0.05, 0) is 39.2 Å². The molecule has 1 aliphatic carbocycles. The van der Waals surface area contributed by atoms with E-state index < -0.39 is 0 Å². The molecule has 3 rings (SSSR count). The second-order valence-corrected chi connectivity index (χ2v) is 6.22. The zero-order valence-corrected chi connectivity index (χ0v) is 11.6. The molecule has 18 heavy (non-hydrogen) atoms. The van der Waals surface area contributed by atoms with Gasteiger partial charge in [-0.2, -0.15) is 0 Å². The molecule has 1 aromatic heterocycles. The van der Waals surface area contributed by atoms with Crippen LogP contribution in [0, 0.1) is 6.92 Å². The lowest BCUT2D eigenvalue weighted by atomic mass is 9.81. The zero-order valence-electron chi connectivity index (χ0n) is 11.6. The van der Waals surface area contributed by atoms with Crippen molar-refractivity contribution in [2.24, 2.45) is 0 Å². The lowest BCUT2D eigenvalue weighted by Gasteiger charge is -2.34. The highest BCUT2D eigenvalue weighted by molar-refractivity contribution is 5.13. The second kappa shape index (κ2) is 4.65. The average Bonchev–Trinajstić information content (AvgIpc) is 2.98. The number of nitrogens with one attached hydrogen (secondary N) is 1. The summed E-state index contributed by atoms with van der Waals surface area (Å²) in [5, 5.41) is 12.4. The van der Waals surface area contributed by atoms with E-state index in [1.807, 2.05) is 0 Å². The van der Waals surface area contributed by atoms with Gasteiger partial charge in [-0.25, -0.2) is 0 Å². The van der Waals surface area contributed by atoms with E-state index in [0.717, 1.165) is 18.9 Å². The van der Waals surface area contributed by atoms with Crippen LogP contribution < -0.4 is 5.32 Å². The van der Waals surface area contributed by atoms with Crippen molar-refractivity contribution in [3.63, 3.8) is 0 Å². The number of hydrogen-bond donors (Lipinski definition) is 1. The standard InChI is InChI=1S/C14H24N4/c1-11-16-17-13(14(2)8-5-9-15-10-14)18(11)12-6-3-4-7-12/h12,15H,3-10H2,1-2H3. The van der Waals surface area contributed by atoms with Crippen molar-refractivity contribution >= 4 is 0 Å². The van der Waals surface area contributed by atoms with Gasteiger partial charge in [-0.1, -0.05) is 19.8 Å². The van der Waals surface area contributed by atoms with Crippen molar-refractivity contribution in [2.45, 2.75) is 63.8 Å². The number of hydrogen-bond acceptors (Lipinski definition) is 3. The smallest absolute Gasteiger partial charge is 0.140 e. The van der Waals surface area contributed by atoms with E-state index in [4.69, 9.17) is 0 Å². The van der Waals surface area contributed by atoms with Crippen LogP contribution in [0.4, 0.5) is 0 Å². The summed E-state index contributed by atoms with van der Waals surface area (Å²) in [6.07, 6.45) is 7.79. The number of rotatable bonds is 2. The van der Waals surface area contributed by atoms with Crippen LogP contribution in [0.3, 0.4) is 0 Å². The maximum Gasteiger partial charge on any atom is 0.140 e. The van der Waals surface area contributed by atoms with E-state index in [2.05, 4.69) is 33.9 Å². The highest BCUT2D eigenvalue weighted by atomic mass is 15.3. The Morgan fingerprint density at radius 1 is 1.22 bits per heavy atom. The molecule has 0 bridgehead atoms. The first-order chi connectivity index (χ1) is 8.71. The summed E-state index contributed by atoms with van der Waals surface area (Å²) in [5.74, 6) is 2.32. The summed E-state index contributed by atoms with van der Waals surface area (Å²) in [4.78, 5) is 0. The van der Waals surface area contributed by atoms with Gasteiger partial charge in [0.1, 0.15) is 11.6 Å². The molecule has 1 atom stereocenters. The van der Waals surface area contributed by atoms with Crippen LogP contribution in [-0.2, 0) is 5.41 Å². The van der Waals surface area contributed by atoms with Crippen molar-refractivity contribution in [1.29, 1.82) is 0 Å². The average molecular weight is 248 g/mol. The molecule has 4 heteroatoms. The van der Waals surface area contributed by atoms with Crippen LogP contribution in [0.25, 0.3) is 0 Å². The Kier molecular flexibility index (Phi) is 3.14. The Bertz CT molecular complexity index is 411. The van der Waals surface area contributed by atoms with Crippen molar-refractivity contribution in [3.05, 3.63) is 11.6 Å². The highest BCUT2D eigenvalue weighted by Gasteiger charge is 2.36. The van der Waals surface area contributed by atoms with Gasteiger partial charge in [-0.15, -0.1) is 10.2 Å². The first kappa shape index (κ1) is 12.2. The molecule has 1 saturated carbocycles. The van der Waals surface area contributed by atoms with E-state index in [9.17, 15) is 0 Å². The summed E-state index contributed by atoms with van der Waals surface area (Å²) >= 11 is 0. The van der Waals surface area contributed by atoms with E-state index in [1.165, 1.54) is 44.3 Å². The molecule has 0 amide bonds. The van der Waals surface area contributed by atoms with E-state index in [-0.39, 0.29) is 5.41 Å². The summed E-state index contributed by atoms with van der Waals surface area (Å²) in [7, 11) is 0. The van der Waals surface area contributed by atoms with E-state index in [1.54, 1.807) is 0 Å². The molecule has 1 aliphatic heterocycles. The predicted octanol–water partition coefficient (Wildman–Crippen LogP) is 2.34. The fourth-order valence-electron chi connectivity index (χ4n) is 3.63. The maximum absolute atomic E-state index is 4.53. The molecule has 1 N–H and O–H groups in total. The van der Waals surface area contributed by atoms with Crippen LogP contribution in [0.1, 0.15) is 63.1 Å². The van der Waals surface area contributed by atoms with Crippen LogP contribution in [0.2, 0.25) is 0 Å². The Morgan fingerprint density at radius 2 is 2.00 bits per heavy atom. The fourth-order valence-corrected chi connectivity index (χ4v) is 3.63. The third kappa shape index (κ3) is 1.96. The van der Waals surface area contributed by atoms with Gasteiger partial charge in [0.2, 0.25) is 0 Å². The van der Waals surface area contributed by atoms with E-state index >= 15 is 0 Å².